The van der Waals surface area contributed by atoms with E-state index in [9.17, 15) is 8.42 Å². The number of hydrogen-bond acceptors (Lipinski definition) is 6. The molecule has 1 aromatic heterocycles. The number of nitrogens with two attached hydrogens (primary N) is 2. The maximum atomic E-state index is 11.2. The molecule has 0 bridgehead atoms. The van der Waals surface area contributed by atoms with E-state index >= 15 is 0 Å². The molecule has 2 aromatic rings. The Kier molecular flexibility index (Phi) is 3.91. The summed E-state index contributed by atoms with van der Waals surface area (Å²) in [7, 11) is -1.87. The van der Waals surface area contributed by atoms with Gasteiger partial charge in [-0.3, -0.25) is 0 Å². The molecule has 0 atom stereocenters. The van der Waals surface area contributed by atoms with Crippen LogP contribution < -0.4 is 16.2 Å². The first-order valence-corrected chi connectivity index (χ1v) is 7.41. The molecule has 0 unspecified atom stereocenters. The number of anilines is 2. The van der Waals surface area contributed by atoms with Crippen LogP contribution in [0.3, 0.4) is 0 Å². The number of rotatable bonds is 5. The number of nitrogens with zero attached hydrogens (tertiary/aromatic N) is 3. The van der Waals surface area contributed by atoms with Crippen molar-refractivity contribution in [3.8, 4) is 0 Å². The molecule has 0 spiro atoms. The average Bonchev–Trinajstić information content (AvgIpc) is 2.76. The lowest BCUT2D eigenvalue weighted by Crippen LogP contribution is -2.14. The molecule has 0 fully saturated rings. The number of aryl methyl sites for hydroxylation is 1. The van der Waals surface area contributed by atoms with Gasteiger partial charge in [0, 0.05) is 20.0 Å². The first-order valence-electron chi connectivity index (χ1n) is 5.87. The Morgan fingerprint density at radius 1 is 1.40 bits per heavy atom. The monoisotopic (exact) mass is 296 g/mol. The largest absolute Gasteiger partial charge is 0.397 e. The normalized spacial score (nSPS) is 11.5. The minimum atomic E-state index is -3.73. The molecule has 0 aliphatic rings. The molecule has 9 heteroatoms. The van der Waals surface area contributed by atoms with Gasteiger partial charge in [-0.2, -0.15) is 0 Å². The number of nitrogen functional groups attached to an aromatic ring is 1. The molecule has 0 aliphatic carbocycles. The zero-order chi connectivity index (χ0) is 14.8. The summed E-state index contributed by atoms with van der Waals surface area (Å²) in [6.07, 6.45) is 2.30. The molecule has 0 aliphatic heterocycles. The lowest BCUT2D eigenvalue weighted by atomic mass is 10.2. The summed E-state index contributed by atoms with van der Waals surface area (Å²) >= 11 is 0. The SMILES string of the molecule is Cn1cnnc1CCNc1ccc(S(N)(=O)=O)cc1N. The highest BCUT2D eigenvalue weighted by Gasteiger charge is 2.10. The van der Waals surface area contributed by atoms with Crippen molar-refractivity contribution in [3.05, 3.63) is 30.4 Å². The predicted octanol–water partition coefficient (Wildman–Crippen LogP) is -0.301. The first kappa shape index (κ1) is 14.3. The molecule has 1 heterocycles. The van der Waals surface area contributed by atoms with E-state index in [0.29, 0.717) is 24.3 Å². The molecule has 8 nitrogen and oxygen atoms in total. The van der Waals surface area contributed by atoms with Crippen molar-refractivity contribution in [2.75, 3.05) is 17.6 Å². The van der Waals surface area contributed by atoms with E-state index in [4.69, 9.17) is 10.9 Å². The maximum Gasteiger partial charge on any atom is 0.238 e. The van der Waals surface area contributed by atoms with Gasteiger partial charge in [0.1, 0.15) is 12.2 Å². The highest BCUT2D eigenvalue weighted by Crippen LogP contribution is 2.21. The zero-order valence-corrected chi connectivity index (χ0v) is 11.8. The quantitative estimate of drug-likeness (QED) is 0.650. The van der Waals surface area contributed by atoms with Gasteiger partial charge in [0.25, 0.3) is 0 Å². The van der Waals surface area contributed by atoms with E-state index in [0.717, 1.165) is 5.82 Å². The number of aromatic nitrogens is 3. The van der Waals surface area contributed by atoms with Crippen molar-refractivity contribution < 1.29 is 8.42 Å². The molecule has 20 heavy (non-hydrogen) atoms. The van der Waals surface area contributed by atoms with Gasteiger partial charge in [-0.1, -0.05) is 0 Å². The van der Waals surface area contributed by atoms with Crippen LogP contribution in [0.2, 0.25) is 0 Å². The Morgan fingerprint density at radius 3 is 2.70 bits per heavy atom. The average molecular weight is 296 g/mol. The summed E-state index contributed by atoms with van der Waals surface area (Å²) in [5.41, 5.74) is 6.77. The third-order valence-electron chi connectivity index (χ3n) is 2.82. The molecule has 0 amide bonds. The Bertz CT molecular complexity index is 709. The second-order valence-electron chi connectivity index (χ2n) is 4.33. The van der Waals surface area contributed by atoms with Crippen molar-refractivity contribution in [2.45, 2.75) is 11.3 Å². The third kappa shape index (κ3) is 3.25. The highest BCUT2D eigenvalue weighted by atomic mass is 32.2. The summed E-state index contributed by atoms with van der Waals surface area (Å²) in [5, 5.41) is 15.9. The molecule has 1 aromatic carbocycles. The van der Waals surface area contributed by atoms with Gasteiger partial charge in [0.05, 0.1) is 16.3 Å². The summed E-state index contributed by atoms with van der Waals surface area (Å²) in [6.45, 7) is 0.603. The van der Waals surface area contributed by atoms with Crippen LogP contribution in [0.4, 0.5) is 11.4 Å². The van der Waals surface area contributed by atoms with Gasteiger partial charge in [0.2, 0.25) is 10.0 Å². The van der Waals surface area contributed by atoms with Crippen molar-refractivity contribution >= 4 is 21.4 Å². The molecule has 0 saturated carbocycles. The molecule has 0 saturated heterocycles. The minimum absolute atomic E-state index is 0.00569. The summed E-state index contributed by atoms with van der Waals surface area (Å²) < 4.78 is 24.2. The fraction of sp³-hybridized carbons (Fsp3) is 0.273. The van der Waals surface area contributed by atoms with Gasteiger partial charge in [-0.05, 0) is 18.2 Å². The van der Waals surface area contributed by atoms with Crippen LogP contribution in [0.5, 0.6) is 0 Å². The van der Waals surface area contributed by atoms with E-state index in [1.807, 2.05) is 11.6 Å². The van der Waals surface area contributed by atoms with Crippen LogP contribution in [-0.4, -0.2) is 29.7 Å². The molecular formula is C11H16N6O2S. The van der Waals surface area contributed by atoms with Gasteiger partial charge in [-0.15, -0.1) is 10.2 Å². The van der Waals surface area contributed by atoms with Crippen LogP contribution in [0, 0.1) is 0 Å². The van der Waals surface area contributed by atoms with E-state index in [2.05, 4.69) is 15.5 Å². The maximum absolute atomic E-state index is 11.2. The number of sulfonamides is 1. The van der Waals surface area contributed by atoms with E-state index in [1.165, 1.54) is 12.1 Å². The Hall–Kier alpha value is -2.13. The van der Waals surface area contributed by atoms with Gasteiger partial charge >= 0.3 is 0 Å². The van der Waals surface area contributed by atoms with Crippen LogP contribution in [0.25, 0.3) is 0 Å². The molecular weight excluding hydrogens is 280 g/mol. The lowest BCUT2D eigenvalue weighted by molar-refractivity contribution is 0.598. The van der Waals surface area contributed by atoms with Gasteiger partial charge in [-0.25, -0.2) is 13.6 Å². The van der Waals surface area contributed by atoms with E-state index < -0.39 is 10.0 Å². The van der Waals surface area contributed by atoms with Crippen LogP contribution >= 0.6 is 0 Å². The molecule has 108 valence electrons. The fourth-order valence-electron chi connectivity index (χ4n) is 1.72. The predicted molar refractivity (Wildman–Crippen MR) is 75.4 cm³/mol. The highest BCUT2D eigenvalue weighted by molar-refractivity contribution is 7.89. The fourth-order valence-corrected chi connectivity index (χ4v) is 2.27. The van der Waals surface area contributed by atoms with Crippen molar-refractivity contribution in [1.82, 2.24) is 14.8 Å². The van der Waals surface area contributed by atoms with Crippen molar-refractivity contribution in [2.24, 2.45) is 12.2 Å². The smallest absolute Gasteiger partial charge is 0.238 e. The molecule has 0 radical (unpaired) electrons. The van der Waals surface area contributed by atoms with Crippen molar-refractivity contribution in [1.29, 1.82) is 0 Å². The van der Waals surface area contributed by atoms with Crippen molar-refractivity contribution in [3.63, 3.8) is 0 Å². The third-order valence-corrected chi connectivity index (χ3v) is 3.73. The topological polar surface area (TPSA) is 129 Å². The molecule has 5 N–H and O–H groups in total. The zero-order valence-electron chi connectivity index (χ0n) is 10.9. The second-order valence-corrected chi connectivity index (χ2v) is 5.89. The minimum Gasteiger partial charge on any atom is -0.397 e. The Balaban J connectivity index is 2.02. The summed E-state index contributed by atoms with van der Waals surface area (Å²) in [6, 6.07) is 4.34. The summed E-state index contributed by atoms with van der Waals surface area (Å²) in [5.74, 6) is 0.845. The Morgan fingerprint density at radius 2 is 2.15 bits per heavy atom. The number of benzene rings is 1. The standard InChI is InChI=1S/C11H16N6O2S/c1-17-7-15-16-11(17)4-5-14-10-3-2-8(6-9(10)12)20(13,18)19/h2-3,6-7,14H,4-5,12H2,1H3,(H2,13,18,19). The summed E-state index contributed by atoms with van der Waals surface area (Å²) in [4.78, 5) is -0.00569. The molecule has 2 rings (SSSR count). The number of hydrogen-bond donors (Lipinski definition) is 3. The van der Waals surface area contributed by atoms with E-state index in [-0.39, 0.29) is 4.90 Å². The number of primary sulfonamides is 1. The van der Waals surface area contributed by atoms with Crippen LogP contribution in [0.1, 0.15) is 5.82 Å². The lowest BCUT2D eigenvalue weighted by Gasteiger charge is -2.10. The first-order chi connectivity index (χ1) is 9.38. The van der Waals surface area contributed by atoms with Crippen LogP contribution in [-0.2, 0) is 23.5 Å². The number of nitrogens with one attached hydrogen (secondary N) is 1. The second kappa shape index (κ2) is 5.47. The van der Waals surface area contributed by atoms with E-state index in [1.54, 1.807) is 12.4 Å². The van der Waals surface area contributed by atoms with Gasteiger partial charge in [0.15, 0.2) is 0 Å². The Labute approximate surface area is 116 Å². The van der Waals surface area contributed by atoms with Gasteiger partial charge < -0.3 is 15.6 Å². The van der Waals surface area contributed by atoms with Crippen LogP contribution in [0.15, 0.2) is 29.4 Å².